The Morgan fingerprint density at radius 3 is 2.80 bits per heavy atom. The average Bonchev–Trinajstić information content (AvgIpc) is 3.10. The normalized spacial score (nSPS) is 15.2. The highest BCUT2D eigenvalue weighted by Crippen LogP contribution is 2.41. The Labute approximate surface area is 119 Å². The van der Waals surface area contributed by atoms with E-state index < -0.39 is 20.7 Å². The third-order valence-corrected chi connectivity index (χ3v) is 5.34. The highest BCUT2D eigenvalue weighted by molar-refractivity contribution is 7.93. The summed E-state index contributed by atoms with van der Waals surface area (Å²) in [5.41, 5.74) is 6.30. The van der Waals surface area contributed by atoms with Crippen molar-refractivity contribution in [1.29, 1.82) is 0 Å². The van der Waals surface area contributed by atoms with Crippen LogP contribution >= 0.6 is 11.3 Å². The number of anilines is 2. The van der Waals surface area contributed by atoms with Crippen molar-refractivity contribution >= 4 is 32.2 Å². The Hall–Kier alpha value is -1.67. The molecule has 3 rings (SSSR count). The molecular weight excluding hydrogens is 301 g/mol. The number of nitrogen functional groups attached to an aromatic ring is 1. The summed E-state index contributed by atoms with van der Waals surface area (Å²) in [5.74, 6) is -0.445. The smallest absolute Gasteiger partial charge is 0.268 e. The first kappa shape index (κ1) is 13.3. The van der Waals surface area contributed by atoms with Crippen molar-refractivity contribution in [2.45, 2.75) is 23.7 Å². The zero-order valence-electron chi connectivity index (χ0n) is 10.3. The van der Waals surface area contributed by atoms with Crippen LogP contribution in [0.2, 0.25) is 0 Å². The van der Waals surface area contributed by atoms with Crippen LogP contribution in [0.15, 0.2) is 28.5 Å². The molecule has 0 spiro atoms. The molecule has 0 amide bonds. The van der Waals surface area contributed by atoms with Gasteiger partial charge in [0.2, 0.25) is 0 Å². The molecule has 20 heavy (non-hydrogen) atoms. The third-order valence-electron chi connectivity index (χ3n) is 3.01. The molecule has 0 saturated heterocycles. The number of thiazole rings is 1. The molecule has 3 N–H and O–H groups in total. The number of rotatable bonds is 4. The number of sulfonamides is 1. The Kier molecular flexibility index (Phi) is 3.14. The van der Waals surface area contributed by atoms with Gasteiger partial charge in [0.1, 0.15) is 10.7 Å². The van der Waals surface area contributed by atoms with Gasteiger partial charge in [-0.15, -0.1) is 11.3 Å². The minimum absolute atomic E-state index is 0.128. The van der Waals surface area contributed by atoms with E-state index >= 15 is 0 Å². The number of hydrogen-bond donors (Lipinski definition) is 2. The molecule has 1 aromatic carbocycles. The van der Waals surface area contributed by atoms with Crippen molar-refractivity contribution in [2.75, 3.05) is 10.5 Å². The van der Waals surface area contributed by atoms with Crippen LogP contribution in [0.25, 0.3) is 0 Å². The van der Waals surface area contributed by atoms with E-state index in [4.69, 9.17) is 5.73 Å². The molecule has 1 aliphatic rings. The van der Waals surface area contributed by atoms with Crippen LogP contribution in [-0.4, -0.2) is 13.4 Å². The monoisotopic (exact) mass is 313 g/mol. The number of hydrogen-bond acceptors (Lipinski definition) is 5. The Morgan fingerprint density at radius 1 is 1.40 bits per heavy atom. The third kappa shape index (κ3) is 2.48. The predicted molar refractivity (Wildman–Crippen MR) is 75.7 cm³/mol. The van der Waals surface area contributed by atoms with Crippen LogP contribution in [-0.2, 0) is 10.0 Å². The minimum atomic E-state index is -4.07. The molecule has 0 bridgehead atoms. The van der Waals surface area contributed by atoms with E-state index in [1.54, 1.807) is 0 Å². The molecule has 1 heterocycles. The van der Waals surface area contributed by atoms with E-state index in [1.165, 1.54) is 23.5 Å². The van der Waals surface area contributed by atoms with Crippen molar-refractivity contribution in [3.05, 3.63) is 35.1 Å². The van der Waals surface area contributed by atoms with Crippen molar-refractivity contribution in [1.82, 2.24) is 4.98 Å². The minimum Gasteiger partial charge on any atom is -0.398 e. The average molecular weight is 313 g/mol. The van der Waals surface area contributed by atoms with E-state index in [-0.39, 0.29) is 10.8 Å². The van der Waals surface area contributed by atoms with Gasteiger partial charge < -0.3 is 5.73 Å². The highest BCUT2D eigenvalue weighted by Gasteiger charge is 2.28. The van der Waals surface area contributed by atoms with Gasteiger partial charge in [0, 0.05) is 11.3 Å². The molecule has 1 aliphatic carbocycles. The molecule has 0 unspecified atom stereocenters. The van der Waals surface area contributed by atoms with Gasteiger partial charge >= 0.3 is 0 Å². The number of nitrogens with zero attached hydrogens (tertiary/aromatic N) is 1. The zero-order chi connectivity index (χ0) is 14.3. The summed E-state index contributed by atoms with van der Waals surface area (Å²) in [6.45, 7) is 0. The molecule has 1 aromatic heterocycles. The SMILES string of the molecule is Nc1cccc(F)c1S(=O)(=O)Nc1nc(C2CC2)cs1. The summed E-state index contributed by atoms with van der Waals surface area (Å²) in [5, 5.41) is 2.05. The Balaban J connectivity index is 1.91. The van der Waals surface area contributed by atoms with E-state index in [2.05, 4.69) is 9.71 Å². The molecule has 106 valence electrons. The largest absolute Gasteiger partial charge is 0.398 e. The quantitative estimate of drug-likeness (QED) is 0.849. The van der Waals surface area contributed by atoms with Crippen LogP contribution in [0.4, 0.5) is 15.2 Å². The maximum atomic E-state index is 13.7. The summed E-state index contributed by atoms with van der Waals surface area (Å²) < 4.78 is 40.3. The summed E-state index contributed by atoms with van der Waals surface area (Å²) in [7, 11) is -4.07. The molecule has 0 aliphatic heterocycles. The number of nitrogens with two attached hydrogens (primary N) is 1. The van der Waals surface area contributed by atoms with Crippen LogP contribution < -0.4 is 10.5 Å². The van der Waals surface area contributed by atoms with Crippen LogP contribution in [0.3, 0.4) is 0 Å². The second kappa shape index (κ2) is 4.71. The fourth-order valence-electron chi connectivity index (χ4n) is 1.87. The van der Waals surface area contributed by atoms with Gasteiger partial charge in [0.05, 0.1) is 11.4 Å². The predicted octanol–water partition coefficient (Wildman–Crippen LogP) is 2.54. The zero-order valence-corrected chi connectivity index (χ0v) is 12.0. The molecule has 1 saturated carbocycles. The second-order valence-corrected chi connectivity index (χ2v) is 7.09. The lowest BCUT2D eigenvalue weighted by atomic mass is 10.3. The van der Waals surface area contributed by atoms with Gasteiger partial charge in [-0.2, -0.15) is 0 Å². The molecule has 1 fully saturated rings. The van der Waals surface area contributed by atoms with Crippen LogP contribution in [0.5, 0.6) is 0 Å². The lowest BCUT2D eigenvalue weighted by Gasteiger charge is -2.08. The van der Waals surface area contributed by atoms with Crippen molar-refractivity contribution in [3.8, 4) is 0 Å². The first-order valence-corrected chi connectivity index (χ1v) is 8.36. The number of benzene rings is 1. The first-order chi connectivity index (χ1) is 9.47. The maximum Gasteiger partial charge on any atom is 0.268 e. The van der Waals surface area contributed by atoms with E-state index in [1.807, 2.05) is 5.38 Å². The Bertz CT molecular complexity index is 734. The Morgan fingerprint density at radius 2 is 2.15 bits per heavy atom. The molecule has 8 heteroatoms. The van der Waals surface area contributed by atoms with Gasteiger partial charge in [-0.1, -0.05) is 6.07 Å². The summed E-state index contributed by atoms with van der Waals surface area (Å²) in [6, 6.07) is 3.76. The fraction of sp³-hybridized carbons (Fsp3) is 0.250. The lowest BCUT2D eigenvalue weighted by molar-refractivity contribution is 0.572. The van der Waals surface area contributed by atoms with Crippen molar-refractivity contribution in [3.63, 3.8) is 0 Å². The fourth-order valence-corrected chi connectivity index (χ4v) is 4.11. The number of halogens is 1. The first-order valence-electron chi connectivity index (χ1n) is 5.99. The van der Waals surface area contributed by atoms with Gasteiger partial charge in [-0.3, -0.25) is 4.72 Å². The second-order valence-electron chi connectivity index (χ2n) is 4.62. The van der Waals surface area contributed by atoms with Crippen molar-refractivity contribution in [2.24, 2.45) is 0 Å². The van der Waals surface area contributed by atoms with E-state index in [0.29, 0.717) is 5.92 Å². The lowest BCUT2D eigenvalue weighted by Crippen LogP contribution is -2.16. The van der Waals surface area contributed by atoms with Gasteiger partial charge in [0.25, 0.3) is 10.0 Å². The van der Waals surface area contributed by atoms with Gasteiger partial charge in [-0.05, 0) is 25.0 Å². The van der Waals surface area contributed by atoms with Crippen LogP contribution in [0, 0.1) is 5.82 Å². The molecule has 5 nitrogen and oxygen atoms in total. The number of aromatic nitrogens is 1. The topological polar surface area (TPSA) is 85.1 Å². The summed E-state index contributed by atoms with van der Waals surface area (Å²) in [6.07, 6.45) is 2.16. The van der Waals surface area contributed by atoms with Crippen molar-refractivity contribution < 1.29 is 12.8 Å². The summed E-state index contributed by atoms with van der Waals surface area (Å²) in [4.78, 5) is 3.67. The molecular formula is C12H12FN3O2S2. The highest BCUT2D eigenvalue weighted by atomic mass is 32.2. The molecule has 0 atom stereocenters. The summed E-state index contributed by atoms with van der Waals surface area (Å²) >= 11 is 1.19. The van der Waals surface area contributed by atoms with E-state index in [0.717, 1.165) is 24.6 Å². The molecule has 2 aromatic rings. The van der Waals surface area contributed by atoms with Crippen LogP contribution in [0.1, 0.15) is 24.5 Å². The molecule has 0 radical (unpaired) electrons. The number of nitrogens with one attached hydrogen (secondary N) is 1. The van der Waals surface area contributed by atoms with Gasteiger partial charge in [-0.25, -0.2) is 17.8 Å². The maximum absolute atomic E-state index is 13.7. The standard InChI is InChI=1S/C12H12FN3O2S2/c13-8-2-1-3-9(14)11(8)20(17,18)16-12-15-10(6-19-12)7-4-5-7/h1-3,6-7H,4-5,14H2,(H,15,16). The van der Waals surface area contributed by atoms with Gasteiger partial charge in [0.15, 0.2) is 5.13 Å². The van der Waals surface area contributed by atoms with E-state index in [9.17, 15) is 12.8 Å².